The Morgan fingerprint density at radius 1 is 1.18 bits per heavy atom. The van der Waals surface area contributed by atoms with E-state index < -0.39 is 35.3 Å². The molecule has 2 aromatic heterocycles. The van der Waals surface area contributed by atoms with E-state index in [1.807, 2.05) is 0 Å². The predicted octanol–water partition coefficient (Wildman–Crippen LogP) is 3.00. The lowest BCUT2D eigenvalue weighted by atomic mass is 9.90. The molecule has 1 unspecified atom stereocenters. The van der Waals surface area contributed by atoms with Crippen molar-refractivity contribution in [3.05, 3.63) is 70.5 Å². The van der Waals surface area contributed by atoms with Gasteiger partial charge in [0.25, 0.3) is 11.8 Å². The summed E-state index contributed by atoms with van der Waals surface area (Å²) in [6, 6.07) is 7.68. The zero-order valence-electron chi connectivity index (χ0n) is 17.0. The van der Waals surface area contributed by atoms with E-state index >= 15 is 0 Å². The first kappa shape index (κ1) is 22.4. The highest BCUT2D eigenvalue weighted by atomic mass is 32.1. The number of pyridine rings is 1. The Kier molecular flexibility index (Phi) is 5.62. The van der Waals surface area contributed by atoms with Gasteiger partial charge in [-0.2, -0.15) is 17.5 Å². The second-order valence-electron chi connectivity index (χ2n) is 7.29. The lowest BCUT2D eigenvalue weighted by molar-refractivity contribution is -0.141. The van der Waals surface area contributed by atoms with E-state index in [1.54, 1.807) is 30.5 Å². The summed E-state index contributed by atoms with van der Waals surface area (Å²) in [7, 11) is 0. The average Bonchev–Trinajstić information content (AvgIpc) is 3.34. The fourth-order valence-electron chi connectivity index (χ4n) is 3.56. The smallest absolute Gasteiger partial charge is 0.349 e. The van der Waals surface area contributed by atoms with Crippen molar-refractivity contribution in [1.82, 2.24) is 25.3 Å². The van der Waals surface area contributed by atoms with Crippen molar-refractivity contribution >= 4 is 29.4 Å². The van der Waals surface area contributed by atoms with E-state index in [0.29, 0.717) is 22.4 Å². The van der Waals surface area contributed by atoms with E-state index in [4.69, 9.17) is 0 Å². The fraction of sp³-hybridized carbons (Fsp3) is 0.190. The fourth-order valence-corrected chi connectivity index (χ4v) is 4.35. The van der Waals surface area contributed by atoms with Crippen LogP contribution in [0, 0.1) is 6.92 Å². The van der Waals surface area contributed by atoms with Gasteiger partial charge in [-0.25, -0.2) is 4.79 Å². The molecule has 12 heteroatoms. The second-order valence-corrected chi connectivity index (χ2v) is 7.91. The molecule has 0 aliphatic carbocycles. The molecule has 0 radical (unpaired) electrons. The summed E-state index contributed by atoms with van der Waals surface area (Å²) in [5.41, 5.74) is -0.753. The number of aryl methyl sites for hydroxylation is 1. The first-order chi connectivity index (χ1) is 15.6. The Morgan fingerprint density at radius 3 is 2.52 bits per heavy atom. The van der Waals surface area contributed by atoms with E-state index in [0.717, 1.165) is 23.8 Å². The highest BCUT2D eigenvalue weighted by Crippen LogP contribution is 2.31. The van der Waals surface area contributed by atoms with Gasteiger partial charge in [-0.15, -0.1) is 0 Å². The van der Waals surface area contributed by atoms with Crippen molar-refractivity contribution in [1.29, 1.82) is 0 Å². The van der Waals surface area contributed by atoms with Crippen molar-refractivity contribution in [2.45, 2.75) is 18.6 Å². The Balaban J connectivity index is 1.61. The van der Waals surface area contributed by atoms with Gasteiger partial charge in [-0.1, -0.05) is 24.3 Å². The summed E-state index contributed by atoms with van der Waals surface area (Å²) in [5.74, 6) is -1.21. The summed E-state index contributed by atoms with van der Waals surface area (Å²) < 4.78 is 42.6. The molecule has 33 heavy (non-hydrogen) atoms. The number of halogens is 3. The number of alkyl halides is 3. The zero-order chi connectivity index (χ0) is 23.8. The van der Waals surface area contributed by atoms with Gasteiger partial charge in [-0.3, -0.25) is 19.9 Å². The van der Waals surface area contributed by atoms with Crippen LogP contribution in [0.25, 0.3) is 11.1 Å². The molecule has 4 rings (SSSR count). The van der Waals surface area contributed by atoms with E-state index in [1.165, 1.54) is 12.1 Å². The number of nitrogens with one attached hydrogen (secondary N) is 3. The monoisotopic (exact) mass is 475 g/mol. The van der Waals surface area contributed by atoms with Crippen LogP contribution in [-0.4, -0.2) is 33.7 Å². The normalized spacial score (nSPS) is 18.1. The highest BCUT2D eigenvalue weighted by Gasteiger charge is 2.49. The summed E-state index contributed by atoms with van der Waals surface area (Å²) in [4.78, 5) is 41.0. The van der Waals surface area contributed by atoms with Crippen molar-refractivity contribution in [3.63, 3.8) is 0 Å². The van der Waals surface area contributed by atoms with Crippen LogP contribution < -0.4 is 16.0 Å². The molecule has 0 bridgehead atoms. The summed E-state index contributed by atoms with van der Waals surface area (Å²) in [5, 5.41) is 9.02. The SMILES string of the molecule is Cc1nscc1C1(CNC(=O)c2ccccc2-c2ccc(C(F)(F)F)nc2)NC(=O)NC1=O. The van der Waals surface area contributed by atoms with Gasteiger partial charge in [0.2, 0.25) is 0 Å². The number of carbonyl (C=O) groups excluding carboxylic acids is 3. The number of nitrogens with zero attached hydrogens (tertiary/aromatic N) is 2. The number of imide groups is 1. The highest BCUT2D eigenvalue weighted by molar-refractivity contribution is 7.03. The number of hydrogen-bond donors (Lipinski definition) is 3. The van der Waals surface area contributed by atoms with Crippen molar-refractivity contribution in [3.8, 4) is 11.1 Å². The Hall–Kier alpha value is -3.80. The third-order valence-electron chi connectivity index (χ3n) is 5.20. The number of rotatable bonds is 5. The molecular weight excluding hydrogens is 459 g/mol. The van der Waals surface area contributed by atoms with E-state index in [9.17, 15) is 27.6 Å². The lowest BCUT2D eigenvalue weighted by Gasteiger charge is -2.26. The predicted molar refractivity (Wildman–Crippen MR) is 112 cm³/mol. The van der Waals surface area contributed by atoms with Gasteiger partial charge < -0.3 is 10.6 Å². The number of benzene rings is 1. The van der Waals surface area contributed by atoms with Crippen LogP contribution in [0.3, 0.4) is 0 Å². The maximum Gasteiger partial charge on any atom is 0.433 e. The van der Waals surface area contributed by atoms with E-state index in [-0.39, 0.29) is 12.1 Å². The molecule has 0 spiro atoms. The Labute approximate surface area is 189 Å². The molecule has 0 saturated carbocycles. The van der Waals surface area contributed by atoms with Gasteiger partial charge in [0, 0.05) is 28.3 Å². The molecule has 4 amide bonds. The molecule has 3 aromatic rings. The van der Waals surface area contributed by atoms with Crippen LogP contribution in [0.2, 0.25) is 0 Å². The Bertz CT molecular complexity index is 1240. The largest absolute Gasteiger partial charge is 0.433 e. The first-order valence-corrected chi connectivity index (χ1v) is 10.4. The molecule has 1 saturated heterocycles. The van der Waals surface area contributed by atoms with Crippen LogP contribution in [-0.2, 0) is 16.5 Å². The second kappa shape index (κ2) is 8.28. The number of urea groups is 1. The lowest BCUT2D eigenvalue weighted by Crippen LogP contribution is -2.52. The summed E-state index contributed by atoms with van der Waals surface area (Å²) in [6.45, 7) is 1.42. The standard InChI is InChI=1S/C21H16F3N5O3S/c1-11-15(9-33-29-11)20(18(31)27-19(32)28-20)10-26-17(30)14-5-3-2-4-13(14)12-6-7-16(25-8-12)21(22,23)24/h2-9H,10H2,1H3,(H,26,30)(H2,27,28,31,32). The van der Waals surface area contributed by atoms with Crippen LogP contribution in [0.4, 0.5) is 18.0 Å². The molecule has 3 heterocycles. The number of hydrogen-bond acceptors (Lipinski definition) is 6. The topological polar surface area (TPSA) is 113 Å². The molecular formula is C21H16F3N5O3S. The molecule has 1 atom stereocenters. The van der Waals surface area contributed by atoms with Crippen LogP contribution in [0.5, 0.6) is 0 Å². The molecule has 1 aliphatic rings. The molecule has 1 aliphatic heterocycles. The molecule has 8 nitrogen and oxygen atoms in total. The third-order valence-corrected chi connectivity index (χ3v) is 5.92. The Morgan fingerprint density at radius 2 is 1.94 bits per heavy atom. The average molecular weight is 475 g/mol. The van der Waals surface area contributed by atoms with Gasteiger partial charge in [-0.05, 0) is 36.2 Å². The minimum atomic E-state index is -4.58. The van der Waals surface area contributed by atoms with E-state index in [2.05, 4.69) is 25.3 Å². The maximum absolute atomic E-state index is 13.0. The van der Waals surface area contributed by atoms with Gasteiger partial charge >= 0.3 is 12.2 Å². The number of amides is 4. The first-order valence-electron chi connectivity index (χ1n) is 9.58. The molecule has 1 aromatic carbocycles. The quantitative estimate of drug-likeness (QED) is 0.491. The number of carbonyl (C=O) groups is 3. The number of aromatic nitrogens is 2. The van der Waals surface area contributed by atoms with Crippen LogP contribution >= 0.6 is 11.5 Å². The zero-order valence-corrected chi connectivity index (χ0v) is 17.8. The minimum Gasteiger partial charge on any atom is -0.349 e. The summed E-state index contributed by atoms with van der Waals surface area (Å²) in [6.07, 6.45) is -3.54. The van der Waals surface area contributed by atoms with Crippen molar-refractivity contribution < 1.29 is 27.6 Å². The molecule has 1 fully saturated rings. The van der Waals surface area contributed by atoms with Crippen molar-refractivity contribution in [2.75, 3.05) is 6.54 Å². The third kappa shape index (κ3) is 4.16. The maximum atomic E-state index is 13.0. The van der Waals surface area contributed by atoms with Crippen molar-refractivity contribution in [2.24, 2.45) is 0 Å². The summed E-state index contributed by atoms with van der Waals surface area (Å²) >= 11 is 1.11. The van der Waals surface area contributed by atoms with Gasteiger partial charge in [0.15, 0.2) is 5.54 Å². The molecule has 3 N–H and O–H groups in total. The van der Waals surface area contributed by atoms with Gasteiger partial charge in [0.05, 0.1) is 12.2 Å². The van der Waals surface area contributed by atoms with Gasteiger partial charge in [0.1, 0.15) is 5.69 Å². The van der Waals surface area contributed by atoms with Crippen LogP contribution in [0.1, 0.15) is 27.3 Å². The molecule has 170 valence electrons. The van der Waals surface area contributed by atoms with Crippen LogP contribution in [0.15, 0.2) is 48.0 Å². The minimum absolute atomic E-state index is 0.166.